The lowest BCUT2D eigenvalue weighted by Gasteiger charge is -2.11. The molecular weight excluding hydrogens is 478 g/mol. The largest absolute Gasteiger partial charge is 0.319 e. The Hall–Kier alpha value is -3.49. The number of para-hydroxylation sites is 2. The Labute approximate surface area is 208 Å². The first-order chi connectivity index (χ1) is 16.9. The lowest BCUT2D eigenvalue weighted by Crippen LogP contribution is -2.21. The van der Waals surface area contributed by atoms with E-state index in [9.17, 15) is 12.6 Å². The van der Waals surface area contributed by atoms with Crippen LogP contribution >= 0.6 is 0 Å². The second-order valence-corrected chi connectivity index (χ2v) is 11.6. The molecule has 0 bridgehead atoms. The minimum Gasteiger partial charge on any atom is -0.319 e. The van der Waals surface area contributed by atoms with Gasteiger partial charge < -0.3 is 4.57 Å². The monoisotopic (exact) mass is 505 g/mol. The molecule has 4 rings (SSSR count). The molecule has 1 aromatic heterocycles. The molecule has 0 aliphatic heterocycles. The number of hydrogen-bond donors (Lipinski definition) is 1. The number of allylic oxidation sites excluding steroid dienone is 3. The zero-order valence-electron chi connectivity index (χ0n) is 19.4. The highest BCUT2D eigenvalue weighted by atomic mass is 32.2. The van der Waals surface area contributed by atoms with Gasteiger partial charge >= 0.3 is 0 Å². The molecule has 4 aromatic rings. The van der Waals surface area contributed by atoms with Crippen LogP contribution in [-0.4, -0.2) is 33.7 Å². The number of nitrogens with zero attached hydrogens (tertiary/aromatic N) is 2. The molecule has 0 spiro atoms. The van der Waals surface area contributed by atoms with Crippen LogP contribution in [0.15, 0.2) is 102 Å². The number of nitrogens with one attached hydrogen (secondary N) is 1. The van der Waals surface area contributed by atoms with Crippen molar-refractivity contribution in [3.05, 3.63) is 108 Å². The van der Waals surface area contributed by atoms with Gasteiger partial charge in [0.15, 0.2) is 0 Å². The van der Waals surface area contributed by atoms with Crippen LogP contribution in [0.2, 0.25) is 0 Å². The molecule has 1 heterocycles. The number of anilines is 1. The van der Waals surface area contributed by atoms with Crippen molar-refractivity contribution in [2.75, 3.05) is 16.2 Å². The van der Waals surface area contributed by atoms with E-state index < -0.39 is 20.8 Å². The van der Waals surface area contributed by atoms with Crippen LogP contribution in [0.5, 0.6) is 0 Å². The minimum absolute atomic E-state index is 0.0209. The van der Waals surface area contributed by atoms with Gasteiger partial charge in [-0.15, -0.1) is 0 Å². The molecule has 1 atom stereocenters. The van der Waals surface area contributed by atoms with Crippen molar-refractivity contribution in [3.8, 4) is 11.4 Å². The average Bonchev–Trinajstić information content (AvgIpc) is 3.22. The first-order valence-corrected chi connectivity index (χ1v) is 14.1. The molecule has 0 fully saturated rings. The van der Waals surface area contributed by atoms with Crippen LogP contribution in [0.25, 0.3) is 22.4 Å². The van der Waals surface area contributed by atoms with E-state index in [1.54, 1.807) is 25.1 Å². The summed E-state index contributed by atoms with van der Waals surface area (Å²) >= 11 is 0. The van der Waals surface area contributed by atoms with Crippen molar-refractivity contribution < 1.29 is 12.6 Å². The molecular formula is C27H27N3O3S2. The van der Waals surface area contributed by atoms with E-state index in [-0.39, 0.29) is 11.5 Å². The van der Waals surface area contributed by atoms with Crippen molar-refractivity contribution in [2.45, 2.75) is 13.5 Å². The van der Waals surface area contributed by atoms with Crippen molar-refractivity contribution in [1.82, 2.24) is 9.55 Å². The molecule has 1 unspecified atom stereocenters. The third-order valence-corrected chi connectivity index (χ3v) is 8.48. The SMILES string of the molecule is C=C/C=C(\C)S(=O)CCS(=O)(=O)Nc1ccc(-c2nc3ccccc3n2Cc2ccccc2)cc1. The van der Waals surface area contributed by atoms with Gasteiger partial charge in [0.05, 0.1) is 16.8 Å². The van der Waals surface area contributed by atoms with E-state index in [1.165, 1.54) is 6.08 Å². The Morgan fingerprint density at radius 2 is 1.71 bits per heavy atom. The van der Waals surface area contributed by atoms with E-state index in [1.807, 2.05) is 54.6 Å². The number of rotatable bonds is 10. The molecule has 0 saturated heterocycles. The van der Waals surface area contributed by atoms with Gasteiger partial charge in [-0.3, -0.25) is 8.93 Å². The second kappa shape index (κ2) is 10.8. The second-order valence-electron chi connectivity index (χ2n) is 8.06. The van der Waals surface area contributed by atoms with Gasteiger partial charge in [0.25, 0.3) is 0 Å². The van der Waals surface area contributed by atoms with Crippen LogP contribution in [0.1, 0.15) is 12.5 Å². The fourth-order valence-electron chi connectivity index (χ4n) is 3.73. The number of sulfonamides is 1. The number of fused-ring (bicyclic) bond motifs is 1. The fraction of sp³-hybridized carbons (Fsp3) is 0.148. The molecule has 6 nitrogen and oxygen atoms in total. The van der Waals surface area contributed by atoms with Crippen LogP contribution in [0, 0.1) is 0 Å². The summed E-state index contributed by atoms with van der Waals surface area (Å²) in [6.07, 6.45) is 3.16. The van der Waals surface area contributed by atoms with Crippen molar-refractivity contribution in [1.29, 1.82) is 0 Å². The quantitative estimate of drug-likeness (QED) is 0.295. The van der Waals surface area contributed by atoms with E-state index in [4.69, 9.17) is 4.98 Å². The summed E-state index contributed by atoms with van der Waals surface area (Å²) in [5, 5.41) is 0. The van der Waals surface area contributed by atoms with Crippen molar-refractivity contribution >= 4 is 37.5 Å². The van der Waals surface area contributed by atoms with Gasteiger partial charge in [-0.05, 0) is 48.9 Å². The summed E-state index contributed by atoms with van der Waals surface area (Å²) in [4.78, 5) is 5.44. The predicted molar refractivity (Wildman–Crippen MR) is 145 cm³/mol. The van der Waals surface area contributed by atoms with Crippen molar-refractivity contribution in [3.63, 3.8) is 0 Å². The summed E-state index contributed by atoms with van der Waals surface area (Å²) in [6.45, 7) is 5.93. The highest BCUT2D eigenvalue weighted by Crippen LogP contribution is 2.27. The van der Waals surface area contributed by atoms with Gasteiger partial charge in [-0.25, -0.2) is 13.4 Å². The third-order valence-electron chi connectivity index (χ3n) is 5.50. The molecule has 35 heavy (non-hydrogen) atoms. The molecule has 0 aliphatic rings. The zero-order valence-corrected chi connectivity index (χ0v) is 21.1. The maximum atomic E-state index is 12.5. The number of aromatic nitrogens is 2. The molecule has 0 aliphatic carbocycles. The Morgan fingerprint density at radius 1 is 1.03 bits per heavy atom. The molecule has 3 aromatic carbocycles. The molecule has 0 amide bonds. The standard InChI is InChI=1S/C27H27N3O3S2/c1-3-9-21(2)34(31)18-19-35(32,33)29-24-16-14-23(15-17-24)27-28-25-12-7-8-13-26(25)30(27)20-22-10-5-4-6-11-22/h3-17,29H,1,18-20H2,2H3/b21-9+. The molecule has 8 heteroatoms. The first-order valence-electron chi connectivity index (χ1n) is 11.1. The lowest BCUT2D eigenvalue weighted by molar-refractivity contribution is 0.602. The first kappa shape index (κ1) is 24.6. The summed E-state index contributed by atoms with van der Waals surface area (Å²) in [7, 11) is -5.01. The number of imidazole rings is 1. The average molecular weight is 506 g/mol. The summed E-state index contributed by atoms with van der Waals surface area (Å²) in [5.74, 6) is 0.591. The van der Waals surface area contributed by atoms with Gasteiger partial charge in [-0.2, -0.15) is 0 Å². The summed E-state index contributed by atoms with van der Waals surface area (Å²) < 4.78 is 41.9. The molecule has 0 radical (unpaired) electrons. The highest BCUT2D eigenvalue weighted by Gasteiger charge is 2.16. The van der Waals surface area contributed by atoms with Crippen molar-refractivity contribution in [2.24, 2.45) is 0 Å². The van der Waals surface area contributed by atoms with Crippen LogP contribution in [0.3, 0.4) is 0 Å². The van der Waals surface area contributed by atoms with E-state index in [0.29, 0.717) is 17.1 Å². The topological polar surface area (TPSA) is 81.1 Å². The van der Waals surface area contributed by atoms with Gasteiger partial charge in [0, 0.05) is 39.3 Å². The Kier molecular flexibility index (Phi) is 7.63. The molecule has 1 N–H and O–H groups in total. The van der Waals surface area contributed by atoms with E-state index in [0.717, 1.165) is 28.0 Å². The molecule has 0 saturated carbocycles. The van der Waals surface area contributed by atoms with E-state index >= 15 is 0 Å². The maximum Gasteiger partial charge on any atom is 0.233 e. The van der Waals surface area contributed by atoms with Gasteiger partial charge in [0.2, 0.25) is 10.0 Å². The smallest absolute Gasteiger partial charge is 0.233 e. The van der Waals surface area contributed by atoms with Gasteiger partial charge in [-0.1, -0.05) is 61.2 Å². The fourth-order valence-corrected chi connectivity index (χ4v) is 6.38. The lowest BCUT2D eigenvalue weighted by atomic mass is 10.2. The van der Waals surface area contributed by atoms with Crippen LogP contribution < -0.4 is 4.72 Å². The Morgan fingerprint density at radius 3 is 2.43 bits per heavy atom. The molecule has 180 valence electrons. The zero-order chi connectivity index (χ0) is 24.8. The number of benzene rings is 3. The number of hydrogen-bond acceptors (Lipinski definition) is 4. The Bertz CT molecular complexity index is 1490. The third kappa shape index (κ3) is 6.15. The maximum absolute atomic E-state index is 12.5. The summed E-state index contributed by atoms with van der Waals surface area (Å²) in [5.41, 5.74) is 4.42. The highest BCUT2D eigenvalue weighted by molar-refractivity contribution is 7.94. The minimum atomic E-state index is -3.64. The van der Waals surface area contributed by atoms with Crippen LogP contribution in [-0.2, 0) is 27.4 Å². The van der Waals surface area contributed by atoms with Crippen LogP contribution in [0.4, 0.5) is 5.69 Å². The van der Waals surface area contributed by atoms with Gasteiger partial charge in [0.1, 0.15) is 5.82 Å². The van der Waals surface area contributed by atoms with E-state index in [2.05, 4.69) is 28.0 Å². The predicted octanol–water partition coefficient (Wildman–Crippen LogP) is 5.33. The Balaban J connectivity index is 1.54. The summed E-state index contributed by atoms with van der Waals surface area (Å²) in [6, 6.07) is 25.3. The normalized spacial score (nSPS) is 13.0.